The largest absolute Gasteiger partial charge is 0.486 e. The van der Waals surface area contributed by atoms with Gasteiger partial charge in [0.25, 0.3) is 5.91 Å². The number of nitrogens with zero attached hydrogens (tertiary/aromatic N) is 2. The number of halogens is 6. The Labute approximate surface area is 202 Å². The van der Waals surface area contributed by atoms with Gasteiger partial charge in [0.15, 0.2) is 11.5 Å². The fourth-order valence-corrected chi connectivity index (χ4v) is 4.12. The molecule has 7 nitrogen and oxygen atoms in total. The summed E-state index contributed by atoms with van der Waals surface area (Å²) in [6.07, 6.45) is -10.0. The van der Waals surface area contributed by atoms with Gasteiger partial charge in [0.05, 0.1) is 16.8 Å². The highest BCUT2D eigenvalue weighted by Gasteiger charge is 2.38. The predicted octanol–water partition coefficient (Wildman–Crippen LogP) is 3.93. The Morgan fingerprint density at radius 2 is 1.53 bits per heavy atom. The summed E-state index contributed by atoms with van der Waals surface area (Å²) in [6.45, 7) is 2.92. The second-order valence-electron chi connectivity index (χ2n) is 8.52. The fourth-order valence-electron chi connectivity index (χ4n) is 4.12. The number of hydrogen-bond acceptors (Lipinski definition) is 6. The van der Waals surface area contributed by atoms with Gasteiger partial charge in [0.2, 0.25) is 0 Å². The number of piperazine rings is 1. The minimum absolute atomic E-state index is 0.0215. The van der Waals surface area contributed by atoms with Crippen molar-refractivity contribution in [3.63, 3.8) is 0 Å². The van der Waals surface area contributed by atoms with Crippen LogP contribution in [0.25, 0.3) is 0 Å². The number of anilines is 1. The van der Waals surface area contributed by atoms with Gasteiger partial charge < -0.3 is 14.4 Å². The molecule has 4 rings (SSSR count). The Hall–Kier alpha value is -3.19. The van der Waals surface area contributed by atoms with Gasteiger partial charge in [-0.2, -0.15) is 26.3 Å². The Balaban J connectivity index is 1.63. The third-order valence-corrected chi connectivity index (χ3v) is 5.96. The normalized spacial score (nSPS) is 18.0. The molecule has 2 heterocycles. The van der Waals surface area contributed by atoms with Gasteiger partial charge in [-0.1, -0.05) is 12.1 Å². The van der Waals surface area contributed by atoms with E-state index in [0.29, 0.717) is 62.0 Å². The number of fused-ring (bicyclic) bond motifs is 1. The van der Waals surface area contributed by atoms with Gasteiger partial charge in [-0.3, -0.25) is 20.5 Å². The van der Waals surface area contributed by atoms with Gasteiger partial charge in [0.1, 0.15) is 19.3 Å². The number of nitrogens with one attached hydrogen (secondary N) is 2. The molecule has 1 fully saturated rings. The van der Waals surface area contributed by atoms with Crippen molar-refractivity contribution >= 4 is 11.6 Å². The van der Waals surface area contributed by atoms with Crippen LogP contribution in [0.1, 0.15) is 22.7 Å². The highest BCUT2D eigenvalue weighted by Crippen LogP contribution is 2.40. The number of para-hydroxylation sites is 1. The smallest absolute Gasteiger partial charge is 0.416 e. The molecule has 36 heavy (non-hydrogen) atoms. The van der Waals surface area contributed by atoms with Crippen molar-refractivity contribution in [3.8, 4) is 11.5 Å². The summed E-state index contributed by atoms with van der Waals surface area (Å²) >= 11 is 0. The maximum absolute atomic E-state index is 13.4. The third kappa shape index (κ3) is 5.78. The number of carbonyl (C=O) groups is 1. The molecular weight excluding hydrogens is 494 g/mol. The van der Waals surface area contributed by atoms with E-state index in [0.717, 1.165) is 0 Å². The van der Waals surface area contributed by atoms with Gasteiger partial charge in [-0.15, -0.1) is 0 Å². The quantitative estimate of drug-likeness (QED) is 0.462. The van der Waals surface area contributed by atoms with E-state index in [1.807, 2.05) is 11.9 Å². The number of ether oxygens (including phenoxy) is 2. The van der Waals surface area contributed by atoms with Crippen molar-refractivity contribution in [2.24, 2.45) is 0 Å². The van der Waals surface area contributed by atoms with Crippen LogP contribution in [0.2, 0.25) is 0 Å². The van der Waals surface area contributed by atoms with Crippen molar-refractivity contribution < 1.29 is 40.6 Å². The number of hydrogen-bond donors (Lipinski definition) is 2. The average Bonchev–Trinajstić information content (AvgIpc) is 2.83. The van der Waals surface area contributed by atoms with E-state index in [-0.39, 0.29) is 12.7 Å². The molecule has 2 aromatic rings. The second kappa shape index (κ2) is 10.1. The molecule has 0 aromatic heterocycles. The second-order valence-corrected chi connectivity index (χ2v) is 8.52. The van der Waals surface area contributed by atoms with E-state index in [4.69, 9.17) is 9.47 Å². The zero-order valence-electron chi connectivity index (χ0n) is 19.2. The minimum Gasteiger partial charge on any atom is -0.486 e. The zero-order chi connectivity index (χ0) is 26.1. The number of benzene rings is 2. The first-order chi connectivity index (χ1) is 16.9. The van der Waals surface area contributed by atoms with Crippen molar-refractivity contribution in [2.75, 3.05) is 51.9 Å². The predicted molar refractivity (Wildman–Crippen MR) is 117 cm³/mol. The molecule has 1 saturated heterocycles. The lowest BCUT2D eigenvalue weighted by atomic mass is 10.0. The lowest BCUT2D eigenvalue weighted by Gasteiger charge is -2.38. The number of alkyl halides is 6. The first-order valence-corrected chi connectivity index (χ1v) is 11.1. The number of likely N-dealkylation sites (N-methyl/N-ethyl adjacent to an activating group) is 1. The Kier molecular flexibility index (Phi) is 7.23. The van der Waals surface area contributed by atoms with Crippen LogP contribution in [-0.2, 0) is 17.1 Å². The first kappa shape index (κ1) is 25.9. The molecule has 1 atom stereocenters. The SMILES string of the molecule is CN1CCN(C(C(=O)NNc2cc(C(F)(F)F)cc(C(F)(F)F)c2)c2cccc3c2OCCO3)CC1. The number of hydrazine groups is 1. The molecule has 2 aliphatic heterocycles. The summed E-state index contributed by atoms with van der Waals surface area (Å²) in [5, 5.41) is 0. The standard InChI is InChI=1S/C23H24F6N4O3/c1-32-5-7-33(8-6-32)19(17-3-2-4-18-20(17)36-10-9-35-18)21(34)31-30-16-12-14(22(24,25)26)11-15(13-16)23(27,28)29/h2-4,11-13,19,30H,5-10H2,1H3,(H,31,34). The van der Waals surface area contributed by atoms with Crippen molar-refractivity contribution in [2.45, 2.75) is 18.4 Å². The van der Waals surface area contributed by atoms with Crippen LogP contribution in [0.4, 0.5) is 32.0 Å². The van der Waals surface area contributed by atoms with E-state index in [9.17, 15) is 31.1 Å². The number of carbonyl (C=O) groups excluding carboxylic acids is 1. The lowest BCUT2D eigenvalue weighted by molar-refractivity contribution is -0.143. The number of amides is 1. The molecule has 1 unspecified atom stereocenters. The summed E-state index contributed by atoms with van der Waals surface area (Å²) in [4.78, 5) is 17.3. The summed E-state index contributed by atoms with van der Waals surface area (Å²) in [5.41, 5.74) is 1.47. The zero-order valence-corrected chi connectivity index (χ0v) is 19.2. The van der Waals surface area contributed by atoms with Gasteiger partial charge >= 0.3 is 12.4 Å². The molecule has 2 N–H and O–H groups in total. The Morgan fingerprint density at radius 1 is 0.917 bits per heavy atom. The fraction of sp³-hybridized carbons (Fsp3) is 0.435. The van der Waals surface area contributed by atoms with Crippen LogP contribution in [0, 0.1) is 0 Å². The number of rotatable bonds is 5. The van der Waals surface area contributed by atoms with E-state index in [1.54, 1.807) is 18.2 Å². The van der Waals surface area contributed by atoms with Crippen molar-refractivity contribution in [3.05, 3.63) is 53.1 Å². The summed E-state index contributed by atoms with van der Waals surface area (Å²) in [5.74, 6) is 0.153. The van der Waals surface area contributed by atoms with E-state index >= 15 is 0 Å². The molecule has 13 heteroatoms. The maximum atomic E-state index is 13.4. The Morgan fingerprint density at radius 3 is 2.14 bits per heavy atom. The average molecular weight is 518 g/mol. The first-order valence-electron chi connectivity index (χ1n) is 11.1. The van der Waals surface area contributed by atoms with Gasteiger partial charge in [-0.05, 0) is 31.3 Å². The van der Waals surface area contributed by atoms with Crippen molar-refractivity contribution in [1.29, 1.82) is 0 Å². The third-order valence-electron chi connectivity index (χ3n) is 5.96. The molecule has 2 aromatic carbocycles. The van der Waals surface area contributed by atoms with Crippen LogP contribution in [0.15, 0.2) is 36.4 Å². The molecule has 0 spiro atoms. The molecular formula is C23H24F6N4O3. The van der Waals surface area contributed by atoms with Crippen LogP contribution >= 0.6 is 0 Å². The maximum Gasteiger partial charge on any atom is 0.416 e. The van der Waals surface area contributed by atoms with Crippen LogP contribution in [0.5, 0.6) is 11.5 Å². The summed E-state index contributed by atoms with van der Waals surface area (Å²) in [6, 6.07) is 5.15. The minimum atomic E-state index is -5.01. The molecule has 2 aliphatic rings. The van der Waals surface area contributed by atoms with Crippen LogP contribution in [0.3, 0.4) is 0 Å². The highest BCUT2D eigenvalue weighted by atomic mass is 19.4. The highest BCUT2D eigenvalue weighted by molar-refractivity contribution is 5.85. The van der Waals surface area contributed by atoms with E-state index < -0.39 is 41.1 Å². The van der Waals surface area contributed by atoms with E-state index in [1.165, 1.54) is 0 Å². The monoisotopic (exact) mass is 518 g/mol. The summed E-state index contributed by atoms with van der Waals surface area (Å²) in [7, 11) is 1.93. The molecule has 0 aliphatic carbocycles. The van der Waals surface area contributed by atoms with E-state index in [2.05, 4.69) is 15.8 Å². The lowest BCUT2D eigenvalue weighted by Crippen LogP contribution is -2.50. The molecule has 0 radical (unpaired) electrons. The molecule has 1 amide bonds. The summed E-state index contributed by atoms with van der Waals surface area (Å²) < 4.78 is 90.6. The topological polar surface area (TPSA) is 66.1 Å². The van der Waals surface area contributed by atoms with Crippen molar-refractivity contribution in [1.82, 2.24) is 15.2 Å². The van der Waals surface area contributed by atoms with Gasteiger partial charge in [0, 0.05) is 31.7 Å². The Bertz CT molecular complexity index is 1070. The van der Waals surface area contributed by atoms with Crippen LogP contribution in [-0.4, -0.2) is 62.1 Å². The molecule has 196 valence electrons. The van der Waals surface area contributed by atoms with Gasteiger partial charge in [-0.25, -0.2) is 0 Å². The molecule has 0 saturated carbocycles. The molecule has 0 bridgehead atoms. The van der Waals surface area contributed by atoms with Crippen LogP contribution < -0.4 is 20.3 Å².